The molecular formula is C24H28N6O2. The predicted octanol–water partition coefficient (Wildman–Crippen LogP) is 2.76. The van der Waals surface area contributed by atoms with Crippen LogP contribution in [0.1, 0.15) is 39.3 Å². The second-order valence-corrected chi connectivity index (χ2v) is 7.45. The van der Waals surface area contributed by atoms with Crippen LogP contribution >= 0.6 is 0 Å². The lowest BCUT2D eigenvalue weighted by atomic mass is 10.0. The molecule has 0 bridgehead atoms. The Kier molecular flexibility index (Phi) is 7.88. The van der Waals surface area contributed by atoms with Crippen LogP contribution in [0.3, 0.4) is 0 Å². The molecule has 4 rings (SSSR count). The number of rotatable bonds is 5. The quantitative estimate of drug-likeness (QED) is 0.415. The van der Waals surface area contributed by atoms with Crippen LogP contribution in [0.15, 0.2) is 60.9 Å². The zero-order valence-electron chi connectivity index (χ0n) is 18.1. The van der Waals surface area contributed by atoms with Gasteiger partial charge in [-0.1, -0.05) is 30.3 Å². The second-order valence-electron chi connectivity index (χ2n) is 7.45. The maximum atomic E-state index is 12.6. The largest absolute Gasteiger partial charge is 0.386 e. The summed E-state index contributed by atoms with van der Waals surface area (Å²) in [4.78, 5) is 32.2. The van der Waals surface area contributed by atoms with E-state index < -0.39 is 0 Å². The van der Waals surface area contributed by atoms with Crippen LogP contribution in [0.2, 0.25) is 0 Å². The number of nitrogens with one attached hydrogen (secondary N) is 1. The number of ketones is 1. The number of carbonyl (C=O) groups is 2. The Morgan fingerprint density at radius 3 is 2.34 bits per heavy atom. The van der Waals surface area contributed by atoms with Gasteiger partial charge in [-0.3, -0.25) is 9.59 Å². The van der Waals surface area contributed by atoms with Crippen molar-refractivity contribution in [1.29, 1.82) is 0 Å². The van der Waals surface area contributed by atoms with Crippen molar-refractivity contribution in [2.75, 3.05) is 36.1 Å². The molecule has 0 unspecified atom stereocenters. The fraction of sp³-hybridized carbons (Fsp3) is 0.250. The van der Waals surface area contributed by atoms with E-state index in [1.165, 1.54) is 12.4 Å². The van der Waals surface area contributed by atoms with Gasteiger partial charge in [0.1, 0.15) is 5.69 Å². The summed E-state index contributed by atoms with van der Waals surface area (Å²) in [5.41, 5.74) is 15.0. The molecule has 0 aliphatic carbocycles. The third-order valence-corrected chi connectivity index (χ3v) is 5.31. The van der Waals surface area contributed by atoms with E-state index in [1.807, 2.05) is 55.6 Å². The Balaban J connectivity index is 0.000000269. The Bertz CT molecular complexity index is 1050. The third kappa shape index (κ3) is 5.67. The lowest BCUT2D eigenvalue weighted by Gasteiger charge is -2.33. The number of nitrogens with two attached hydrogens (primary N) is 2. The molecule has 2 aromatic carbocycles. The molecule has 1 aromatic heterocycles. The van der Waals surface area contributed by atoms with E-state index in [-0.39, 0.29) is 17.3 Å². The van der Waals surface area contributed by atoms with E-state index in [2.05, 4.69) is 20.2 Å². The lowest BCUT2D eigenvalue weighted by Crippen LogP contribution is -2.39. The molecule has 1 aliphatic heterocycles. The number of benzene rings is 2. The van der Waals surface area contributed by atoms with Gasteiger partial charge in [-0.25, -0.2) is 9.97 Å². The number of aromatic nitrogens is 2. The fourth-order valence-corrected chi connectivity index (χ4v) is 3.50. The van der Waals surface area contributed by atoms with Crippen LogP contribution < -0.4 is 21.7 Å². The molecule has 1 fully saturated rings. The van der Waals surface area contributed by atoms with Gasteiger partial charge < -0.3 is 21.7 Å². The third-order valence-electron chi connectivity index (χ3n) is 5.31. The average molecular weight is 433 g/mol. The molecule has 8 heteroatoms. The zero-order valence-corrected chi connectivity index (χ0v) is 18.1. The number of carbonyl (C=O) groups excluding carboxylic acids is 2. The number of aldehydes is 1. The first-order valence-electron chi connectivity index (χ1n) is 10.5. The van der Waals surface area contributed by atoms with Gasteiger partial charge in [-0.15, -0.1) is 0 Å². The summed E-state index contributed by atoms with van der Waals surface area (Å²) in [5.74, 6) is 0.224. The summed E-state index contributed by atoms with van der Waals surface area (Å²) >= 11 is 0. The Hall–Kier alpha value is -3.78. The summed E-state index contributed by atoms with van der Waals surface area (Å²) in [6.07, 6.45) is 5.44. The standard InChI is InChI=1S/C19H23N3O.C5H5N3O/c1-21-17-13-15(19(23)14-5-3-2-4-6-14)7-8-18(17)22-11-9-16(20)10-12-22;6-5-4(3-9)7-1-2-8-5/h2-8,13,16,21H,9-12,20H2,1H3;1-3H,(H2,6,8). The van der Waals surface area contributed by atoms with Gasteiger partial charge in [0, 0.05) is 49.7 Å². The van der Waals surface area contributed by atoms with Crippen molar-refractivity contribution < 1.29 is 9.59 Å². The van der Waals surface area contributed by atoms with Gasteiger partial charge in [0.05, 0.1) is 11.4 Å². The van der Waals surface area contributed by atoms with Gasteiger partial charge in [-0.2, -0.15) is 0 Å². The molecule has 0 radical (unpaired) electrons. The number of nitrogen functional groups attached to an aromatic ring is 1. The monoisotopic (exact) mass is 432 g/mol. The van der Waals surface area contributed by atoms with Gasteiger partial charge in [0.2, 0.25) is 0 Å². The average Bonchev–Trinajstić information content (AvgIpc) is 2.85. The van der Waals surface area contributed by atoms with Gasteiger partial charge in [0.15, 0.2) is 17.9 Å². The van der Waals surface area contributed by atoms with E-state index in [0.29, 0.717) is 23.5 Å². The first-order chi connectivity index (χ1) is 15.5. The molecule has 3 aromatic rings. The van der Waals surface area contributed by atoms with E-state index in [9.17, 15) is 9.59 Å². The van der Waals surface area contributed by atoms with Crippen LogP contribution in [0.4, 0.5) is 17.2 Å². The molecular weight excluding hydrogens is 404 g/mol. The number of piperidine rings is 1. The van der Waals surface area contributed by atoms with Crippen molar-refractivity contribution in [3.8, 4) is 0 Å². The topological polar surface area (TPSA) is 127 Å². The Labute approximate surface area is 187 Å². The maximum Gasteiger partial charge on any atom is 0.193 e. The van der Waals surface area contributed by atoms with Gasteiger partial charge in [-0.05, 0) is 31.0 Å². The molecule has 2 heterocycles. The lowest BCUT2D eigenvalue weighted by molar-refractivity contribution is 0.103. The summed E-state index contributed by atoms with van der Waals surface area (Å²) in [6, 6.07) is 15.6. The number of hydrogen-bond acceptors (Lipinski definition) is 8. The van der Waals surface area contributed by atoms with E-state index in [4.69, 9.17) is 11.5 Å². The highest BCUT2D eigenvalue weighted by molar-refractivity contribution is 6.09. The minimum atomic E-state index is 0.0503. The number of hydrogen-bond donors (Lipinski definition) is 3. The molecule has 166 valence electrons. The first-order valence-corrected chi connectivity index (χ1v) is 10.5. The minimum Gasteiger partial charge on any atom is -0.386 e. The Morgan fingerprint density at radius 2 is 1.75 bits per heavy atom. The fourth-order valence-electron chi connectivity index (χ4n) is 3.50. The Morgan fingerprint density at radius 1 is 1.06 bits per heavy atom. The first kappa shape index (κ1) is 22.9. The summed E-state index contributed by atoms with van der Waals surface area (Å²) in [6.45, 7) is 1.92. The van der Waals surface area contributed by atoms with Crippen LogP contribution in [0, 0.1) is 0 Å². The zero-order chi connectivity index (χ0) is 22.9. The molecule has 0 amide bonds. The number of nitrogens with zero attached hydrogens (tertiary/aromatic N) is 3. The summed E-state index contributed by atoms with van der Waals surface area (Å²) < 4.78 is 0. The molecule has 32 heavy (non-hydrogen) atoms. The van der Waals surface area contributed by atoms with E-state index in [1.54, 1.807) is 0 Å². The number of anilines is 3. The van der Waals surface area contributed by atoms with Gasteiger partial charge in [0.25, 0.3) is 0 Å². The van der Waals surface area contributed by atoms with Crippen molar-refractivity contribution in [1.82, 2.24) is 9.97 Å². The van der Waals surface area contributed by atoms with Crippen molar-refractivity contribution in [2.45, 2.75) is 18.9 Å². The van der Waals surface area contributed by atoms with Crippen LogP contribution in [0.5, 0.6) is 0 Å². The molecule has 0 spiro atoms. The van der Waals surface area contributed by atoms with Crippen LogP contribution in [-0.4, -0.2) is 48.2 Å². The molecule has 5 N–H and O–H groups in total. The molecule has 0 atom stereocenters. The summed E-state index contributed by atoms with van der Waals surface area (Å²) in [5, 5.41) is 3.23. The van der Waals surface area contributed by atoms with E-state index in [0.717, 1.165) is 37.3 Å². The molecule has 0 saturated carbocycles. The highest BCUT2D eigenvalue weighted by Crippen LogP contribution is 2.30. The molecule has 1 aliphatic rings. The van der Waals surface area contributed by atoms with E-state index >= 15 is 0 Å². The van der Waals surface area contributed by atoms with Crippen LogP contribution in [-0.2, 0) is 0 Å². The van der Waals surface area contributed by atoms with Crippen molar-refractivity contribution in [3.05, 3.63) is 77.7 Å². The maximum absolute atomic E-state index is 12.6. The van der Waals surface area contributed by atoms with Crippen molar-refractivity contribution >= 4 is 29.3 Å². The van der Waals surface area contributed by atoms with Crippen molar-refractivity contribution in [3.63, 3.8) is 0 Å². The molecule has 8 nitrogen and oxygen atoms in total. The highest BCUT2D eigenvalue weighted by atomic mass is 16.1. The van der Waals surface area contributed by atoms with Crippen LogP contribution in [0.25, 0.3) is 0 Å². The molecule has 1 saturated heterocycles. The normalized spacial score (nSPS) is 13.6. The summed E-state index contributed by atoms with van der Waals surface area (Å²) in [7, 11) is 1.89. The van der Waals surface area contributed by atoms with Crippen molar-refractivity contribution in [2.24, 2.45) is 5.73 Å². The van der Waals surface area contributed by atoms with Gasteiger partial charge >= 0.3 is 0 Å². The second kappa shape index (κ2) is 11.0. The highest BCUT2D eigenvalue weighted by Gasteiger charge is 2.19. The predicted molar refractivity (Wildman–Crippen MR) is 127 cm³/mol. The smallest absolute Gasteiger partial charge is 0.193 e. The SMILES string of the molecule is CNc1cc(C(=O)c2ccccc2)ccc1N1CCC(N)CC1.Nc1nccnc1C=O. The minimum absolute atomic E-state index is 0.0503.